The fourth-order valence-corrected chi connectivity index (χ4v) is 3.01. The first-order chi connectivity index (χ1) is 13.9. The van der Waals surface area contributed by atoms with Gasteiger partial charge in [0.15, 0.2) is 0 Å². The van der Waals surface area contributed by atoms with Gasteiger partial charge in [0.1, 0.15) is 12.1 Å². The summed E-state index contributed by atoms with van der Waals surface area (Å²) in [5.74, 6) is 0.254. The van der Waals surface area contributed by atoms with Crippen LogP contribution < -0.4 is 10.6 Å². The smallest absolute Gasteiger partial charge is 0.273 e. The number of rotatable bonds is 6. The van der Waals surface area contributed by atoms with Crippen molar-refractivity contribution in [3.63, 3.8) is 0 Å². The average Bonchev–Trinajstić information content (AvgIpc) is 2.68. The van der Waals surface area contributed by atoms with Crippen LogP contribution in [0.2, 0.25) is 0 Å². The van der Waals surface area contributed by atoms with E-state index in [-0.39, 0.29) is 11.3 Å². The molecule has 0 unspecified atom stereocenters. The van der Waals surface area contributed by atoms with Crippen molar-refractivity contribution >= 4 is 28.8 Å². The summed E-state index contributed by atoms with van der Waals surface area (Å²) < 4.78 is 0. The van der Waals surface area contributed by atoms with E-state index in [4.69, 9.17) is 0 Å². The van der Waals surface area contributed by atoms with E-state index in [2.05, 4.69) is 20.6 Å². The molecule has 0 aliphatic carbocycles. The molecule has 0 saturated carbocycles. The lowest BCUT2D eigenvalue weighted by molar-refractivity contribution is -0.385. The molecular formula is C21H21N5O3. The Kier molecular flexibility index (Phi) is 5.82. The van der Waals surface area contributed by atoms with Gasteiger partial charge in [-0.3, -0.25) is 14.9 Å². The Balaban J connectivity index is 1.89. The molecule has 0 saturated heterocycles. The first-order valence-corrected chi connectivity index (χ1v) is 9.13. The van der Waals surface area contributed by atoms with Gasteiger partial charge in [-0.1, -0.05) is 19.1 Å². The molecule has 8 heteroatoms. The van der Waals surface area contributed by atoms with E-state index in [1.165, 1.54) is 18.5 Å². The molecule has 0 fully saturated rings. The fourth-order valence-electron chi connectivity index (χ4n) is 3.01. The van der Waals surface area contributed by atoms with Crippen molar-refractivity contribution in [2.45, 2.75) is 27.2 Å². The Hall–Kier alpha value is -3.81. The maximum Gasteiger partial charge on any atom is 0.273 e. The number of benzene rings is 2. The topological polar surface area (TPSA) is 110 Å². The molecule has 1 amide bonds. The summed E-state index contributed by atoms with van der Waals surface area (Å²) in [6, 6.07) is 11.9. The number of aromatic nitrogens is 2. The van der Waals surface area contributed by atoms with E-state index < -0.39 is 10.8 Å². The van der Waals surface area contributed by atoms with Crippen molar-refractivity contribution in [2.24, 2.45) is 0 Å². The molecule has 3 aromatic rings. The van der Waals surface area contributed by atoms with Gasteiger partial charge in [0.2, 0.25) is 0 Å². The number of aryl methyl sites for hydroxylation is 2. The van der Waals surface area contributed by atoms with Crippen molar-refractivity contribution in [1.82, 2.24) is 9.97 Å². The normalized spacial score (nSPS) is 10.4. The monoisotopic (exact) mass is 391 g/mol. The minimum atomic E-state index is -0.488. The zero-order chi connectivity index (χ0) is 21.0. The zero-order valence-electron chi connectivity index (χ0n) is 16.4. The molecule has 1 aromatic heterocycles. The van der Waals surface area contributed by atoms with Crippen LogP contribution in [0, 0.1) is 24.0 Å². The van der Waals surface area contributed by atoms with E-state index in [1.807, 2.05) is 38.1 Å². The largest absolute Gasteiger partial charge is 0.340 e. The number of hydrogen-bond donors (Lipinski definition) is 2. The first kappa shape index (κ1) is 19.9. The van der Waals surface area contributed by atoms with Gasteiger partial charge in [0.25, 0.3) is 11.6 Å². The Bertz CT molecular complexity index is 1080. The van der Waals surface area contributed by atoms with Gasteiger partial charge in [-0.25, -0.2) is 9.97 Å². The standard InChI is InChI=1S/C21H21N5O3/c1-4-15-8-9-16(24-20-10-13(2)22-12-23-20)11-18(15)25-21(27)17-6-5-7-19(14(17)3)26(28)29/h5-12H,4H2,1-3H3,(H,25,27)(H,22,23,24). The lowest BCUT2D eigenvalue weighted by Crippen LogP contribution is -2.15. The minimum absolute atomic E-state index is 0.0806. The van der Waals surface area contributed by atoms with Crippen LogP contribution in [0.4, 0.5) is 22.9 Å². The quantitative estimate of drug-likeness (QED) is 0.471. The van der Waals surface area contributed by atoms with Crippen molar-refractivity contribution in [3.05, 3.63) is 81.3 Å². The molecule has 148 valence electrons. The lowest BCUT2D eigenvalue weighted by atomic mass is 10.0. The molecule has 1 heterocycles. The van der Waals surface area contributed by atoms with Gasteiger partial charge in [-0.15, -0.1) is 0 Å². The molecular weight excluding hydrogens is 370 g/mol. The van der Waals surface area contributed by atoms with Gasteiger partial charge in [0.05, 0.1) is 4.92 Å². The van der Waals surface area contributed by atoms with E-state index in [0.29, 0.717) is 17.1 Å². The zero-order valence-corrected chi connectivity index (χ0v) is 16.4. The van der Waals surface area contributed by atoms with Crippen LogP contribution in [-0.2, 0) is 6.42 Å². The van der Waals surface area contributed by atoms with Crippen molar-refractivity contribution in [1.29, 1.82) is 0 Å². The second-order valence-corrected chi connectivity index (χ2v) is 6.56. The number of nitro groups is 1. The van der Waals surface area contributed by atoms with Crippen LogP contribution in [-0.4, -0.2) is 20.8 Å². The highest BCUT2D eigenvalue weighted by Crippen LogP contribution is 2.26. The van der Waals surface area contributed by atoms with E-state index >= 15 is 0 Å². The van der Waals surface area contributed by atoms with Gasteiger partial charge >= 0.3 is 0 Å². The van der Waals surface area contributed by atoms with Gasteiger partial charge in [0, 0.05) is 40.3 Å². The fraction of sp³-hybridized carbons (Fsp3) is 0.190. The molecule has 29 heavy (non-hydrogen) atoms. The number of carbonyl (C=O) groups is 1. The van der Waals surface area contributed by atoms with E-state index in [0.717, 1.165) is 23.4 Å². The lowest BCUT2D eigenvalue weighted by Gasteiger charge is -2.14. The molecule has 0 bridgehead atoms. The number of nitro benzene ring substituents is 1. The highest BCUT2D eigenvalue weighted by atomic mass is 16.6. The van der Waals surface area contributed by atoms with Crippen LogP contribution >= 0.6 is 0 Å². The van der Waals surface area contributed by atoms with Crippen molar-refractivity contribution in [3.8, 4) is 0 Å². The summed E-state index contributed by atoms with van der Waals surface area (Å²) >= 11 is 0. The number of nitrogens with one attached hydrogen (secondary N) is 2. The molecule has 2 aromatic carbocycles. The Morgan fingerprint density at radius 3 is 2.62 bits per heavy atom. The summed E-state index contributed by atoms with van der Waals surface area (Å²) in [6.45, 7) is 5.44. The van der Waals surface area contributed by atoms with Gasteiger partial charge in [-0.05, 0) is 44.0 Å². The SMILES string of the molecule is CCc1ccc(Nc2cc(C)ncn2)cc1NC(=O)c1cccc([N+](=O)[O-])c1C. The van der Waals surface area contributed by atoms with E-state index in [1.54, 1.807) is 13.0 Å². The molecule has 8 nitrogen and oxygen atoms in total. The average molecular weight is 391 g/mol. The predicted octanol–water partition coefficient (Wildman–Crippen LogP) is 4.56. The Morgan fingerprint density at radius 2 is 1.93 bits per heavy atom. The molecule has 0 spiro atoms. The second kappa shape index (κ2) is 8.47. The summed E-state index contributed by atoms with van der Waals surface area (Å²) in [5.41, 5.74) is 3.70. The number of amides is 1. The molecule has 3 rings (SSSR count). The second-order valence-electron chi connectivity index (χ2n) is 6.56. The Morgan fingerprint density at radius 1 is 1.14 bits per heavy atom. The summed E-state index contributed by atoms with van der Waals surface area (Å²) in [7, 11) is 0. The maximum atomic E-state index is 12.8. The third-order valence-electron chi connectivity index (χ3n) is 4.56. The minimum Gasteiger partial charge on any atom is -0.340 e. The molecule has 0 aliphatic rings. The highest BCUT2D eigenvalue weighted by Gasteiger charge is 2.18. The third kappa shape index (κ3) is 4.55. The van der Waals surface area contributed by atoms with Crippen LogP contribution in [0.5, 0.6) is 0 Å². The van der Waals surface area contributed by atoms with Crippen molar-refractivity contribution in [2.75, 3.05) is 10.6 Å². The van der Waals surface area contributed by atoms with Crippen LogP contribution in [0.25, 0.3) is 0 Å². The number of hydrogen-bond acceptors (Lipinski definition) is 6. The Labute approximate surface area is 168 Å². The number of nitrogens with zero attached hydrogens (tertiary/aromatic N) is 3. The molecule has 0 atom stereocenters. The third-order valence-corrected chi connectivity index (χ3v) is 4.56. The maximum absolute atomic E-state index is 12.8. The van der Waals surface area contributed by atoms with Crippen LogP contribution in [0.1, 0.15) is 34.1 Å². The highest BCUT2D eigenvalue weighted by molar-refractivity contribution is 6.06. The summed E-state index contributed by atoms with van der Waals surface area (Å²) in [5, 5.41) is 17.2. The van der Waals surface area contributed by atoms with Crippen molar-refractivity contribution < 1.29 is 9.72 Å². The predicted molar refractivity (Wildman–Crippen MR) is 112 cm³/mol. The van der Waals surface area contributed by atoms with Gasteiger partial charge < -0.3 is 10.6 Å². The van der Waals surface area contributed by atoms with Crippen LogP contribution in [0.3, 0.4) is 0 Å². The first-order valence-electron chi connectivity index (χ1n) is 9.13. The molecule has 2 N–H and O–H groups in total. The summed E-state index contributed by atoms with van der Waals surface area (Å²) in [4.78, 5) is 31.7. The summed E-state index contributed by atoms with van der Waals surface area (Å²) in [6.07, 6.45) is 2.20. The molecule has 0 radical (unpaired) electrons. The van der Waals surface area contributed by atoms with E-state index in [9.17, 15) is 14.9 Å². The van der Waals surface area contributed by atoms with Gasteiger partial charge in [-0.2, -0.15) is 0 Å². The molecule has 0 aliphatic heterocycles. The number of carbonyl (C=O) groups excluding carboxylic acids is 1. The number of anilines is 3. The van der Waals surface area contributed by atoms with Crippen LogP contribution in [0.15, 0.2) is 48.8 Å².